The van der Waals surface area contributed by atoms with Crippen LogP contribution in [0.15, 0.2) is 65.2 Å². The summed E-state index contributed by atoms with van der Waals surface area (Å²) in [5.41, 5.74) is 6.05. The van der Waals surface area contributed by atoms with E-state index >= 15 is 0 Å². The van der Waals surface area contributed by atoms with Crippen molar-refractivity contribution in [3.05, 3.63) is 71.4 Å². The fraction of sp³-hybridized carbons (Fsp3) is 0.0526. The van der Waals surface area contributed by atoms with Crippen LogP contribution in [-0.4, -0.2) is 37.2 Å². The van der Waals surface area contributed by atoms with Gasteiger partial charge >= 0.3 is 0 Å². The van der Waals surface area contributed by atoms with Gasteiger partial charge in [-0.1, -0.05) is 47.1 Å². The van der Waals surface area contributed by atoms with E-state index in [2.05, 4.69) is 31.4 Å². The van der Waals surface area contributed by atoms with E-state index in [0.717, 1.165) is 10.4 Å². The van der Waals surface area contributed by atoms with E-state index in [1.165, 1.54) is 6.07 Å². The number of benzene rings is 2. The Morgan fingerprint density at radius 1 is 1.00 bits per heavy atom. The van der Waals surface area contributed by atoms with Crippen LogP contribution in [0.2, 0.25) is 5.02 Å². The number of hydrogen-bond acceptors (Lipinski definition) is 7. The molecular weight excluding hydrogens is 410 g/mol. The van der Waals surface area contributed by atoms with Crippen molar-refractivity contribution >= 4 is 23.4 Å². The van der Waals surface area contributed by atoms with E-state index < -0.39 is 11.8 Å². The van der Waals surface area contributed by atoms with Crippen LogP contribution in [0.3, 0.4) is 0 Å². The number of aromatic nitrogens is 5. The van der Waals surface area contributed by atoms with Crippen molar-refractivity contribution in [3.63, 3.8) is 0 Å². The molecule has 11 heteroatoms. The predicted molar refractivity (Wildman–Crippen MR) is 106 cm³/mol. The fourth-order valence-corrected chi connectivity index (χ4v) is 2.63. The van der Waals surface area contributed by atoms with Crippen molar-refractivity contribution in [2.75, 3.05) is 0 Å². The number of carbonyl (C=O) groups excluding carboxylic acids is 2. The van der Waals surface area contributed by atoms with Crippen molar-refractivity contribution in [3.8, 4) is 22.7 Å². The van der Waals surface area contributed by atoms with Gasteiger partial charge in [-0.15, -0.1) is 10.2 Å². The Morgan fingerprint density at radius 2 is 1.77 bits per heavy atom. The lowest BCUT2D eigenvalue weighted by molar-refractivity contribution is -0.122. The van der Waals surface area contributed by atoms with E-state index in [-0.39, 0.29) is 12.2 Å². The second kappa shape index (κ2) is 8.53. The van der Waals surface area contributed by atoms with Gasteiger partial charge < -0.3 is 4.52 Å². The maximum atomic E-state index is 12.2. The summed E-state index contributed by atoms with van der Waals surface area (Å²) >= 11 is 5.85. The third kappa shape index (κ3) is 4.50. The third-order valence-electron chi connectivity index (χ3n) is 3.96. The van der Waals surface area contributed by atoms with E-state index in [1.54, 1.807) is 24.3 Å². The highest BCUT2D eigenvalue weighted by Crippen LogP contribution is 2.19. The first kappa shape index (κ1) is 19.3. The summed E-state index contributed by atoms with van der Waals surface area (Å²) in [6.45, 7) is -0.241. The highest BCUT2D eigenvalue weighted by Gasteiger charge is 2.15. The van der Waals surface area contributed by atoms with Gasteiger partial charge in [0.2, 0.25) is 5.82 Å². The molecular formula is C19H14ClN7O3. The van der Waals surface area contributed by atoms with Crippen molar-refractivity contribution in [1.82, 2.24) is 36.2 Å². The summed E-state index contributed by atoms with van der Waals surface area (Å²) in [7, 11) is 0. The second-order valence-electron chi connectivity index (χ2n) is 6.10. The molecule has 4 rings (SSSR count). The molecule has 150 valence electrons. The summed E-state index contributed by atoms with van der Waals surface area (Å²) in [5.74, 6) is -0.383. The highest BCUT2D eigenvalue weighted by atomic mass is 35.5. The Balaban J connectivity index is 1.31. The Morgan fingerprint density at radius 3 is 2.53 bits per heavy atom. The summed E-state index contributed by atoms with van der Waals surface area (Å²) in [5, 5.41) is 16.1. The Bertz CT molecular complexity index is 1170. The average Bonchev–Trinajstić information content (AvgIpc) is 3.43. The fourth-order valence-electron chi connectivity index (χ4n) is 2.50. The number of amides is 2. The third-order valence-corrected chi connectivity index (χ3v) is 4.21. The SMILES string of the molecule is O=C(Cn1nnc(-c2ccc(Cl)cc2)n1)NNC(=O)c1cc(-c2ccccc2)on1. The van der Waals surface area contributed by atoms with Gasteiger partial charge in [0.05, 0.1) is 0 Å². The number of nitrogens with one attached hydrogen (secondary N) is 2. The van der Waals surface area contributed by atoms with Gasteiger partial charge in [-0.2, -0.15) is 4.80 Å². The Hall–Kier alpha value is -4.05. The molecule has 0 saturated carbocycles. The molecule has 2 amide bonds. The monoisotopic (exact) mass is 423 g/mol. The molecule has 0 spiro atoms. The largest absolute Gasteiger partial charge is 0.355 e. The molecule has 2 aromatic heterocycles. The zero-order valence-corrected chi connectivity index (χ0v) is 16.1. The lowest BCUT2D eigenvalue weighted by atomic mass is 10.1. The quantitative estimate of drug-likeness (QED) is 0.470. The lowest BCUT2D eigenvalue weighted by Gasteiger charge is -2.04. The standard InChI is InChI=1S/C19H14ClN7O3/c20-14-8-6-13(7-9-14)18-22-26-27(24-18)11-17(28)21-23-19(29)15-10-16(30-25-15)12-4-2-1-3-5-12/h1-10H,11H2,(H,21,28)(H,23,29). The summed E-state index contributed by atoms with van der Waals surface area (Å²) in [4.78, 5) is 25.3. The van der Waals surface area contributed by atoms with Gasteiger partial charge in [0, 0.05) is 22.2 Å². The number of hydrogen-bond donors (Lipinski definition) is 2. The maximum Gasteiger partial charge on any atom is 0.291 e. The van der Waals surface area contributed by atoms with Crippen LogP contribution in [0.4, 0.5) is 0 Å². The minimum atomic E-state index is -0.623. The molecule has 4 aromatic rings. The molecule has 0 aliphatic heterocycles. The number of rotatable bonds is 5. The van der Waals surface area contributed by atoms with Crippen molar-refractivity contribution < 1.29 is 14.1 Å². The Labute approximate surface area is 174 Å². The lowest BCUT2D eigenvalue weighted by Crippen LogP contribution is -2.43. The van der Waals surface area contributed by atoms with Gasteiger partial charge in [0.25, 0.3) is 11.8 Å². The number of tetrazole rings is 1. The molecule has 2 N–H and O–H groups in total. The van der Waals surface area contributed by atoms with Crippen LogP contribution in [0.5, 0.6) is 0 Å². The maximum absolute atomic E-state index is 12.2. The van der Waals surface area contributed by atoms with Crippen LogP contribution in [0.25, 0.3) is 22.7 Å². The van der Waals surface area contributed by atoms with Crippen LogP contribution >= 0.6 is 11.6 Å². The number of carbonyl (C=O) groups is 2. The van der Waals surface area contributed by atoms with Gasteiger partial charge in [0.1, 0.15) is 6.54 Å². The zero-order valence-electron chi connectivity index (χ0n) is 15.3. The minimum absolute atomic E-state index is 0.0260. The first-order valence-corrected chi connectivity index (χ1v) is 9.11. The topological polar surface area (TPSA) is 128 Å². The normalized spacial score (nSPS) is 10.6. The van der Waals surface area contributed by atoms with E-state index in [0.29, 0.717) is 22.2 Å². The number of nitrogens with zero attached hydrogens (tertiary/aromatic N) is 5. The number of hydrazine groups is 1. The van der Waals surface area contributed by atoms with Gasteiger partial charge in [0.15, 0.2) is 11.5 Å². The van der Waals surface area contributed by atoms with E-state index in [9.17, 15) is 9.59 Å². The molecule has 2 aromatic carbocycles. The average molecular weight is 424 g/mol. The van der Waals surface area contributed by atoms with E-state index in [1.807, 2.05) is 30.3 Å². The smallest absolute Gasteiger partial charge is 0.291 e. The summed E-state index contributed by atoms with van der Waals surface area (Å²) in [6, 6.07) is 17.6. The Kier molecular flexibility index (Phi) is 5.48. The molecule has 0 saturated heterocycles. The zero-order chi connectivity index (χ0) is 20.9. The van der Waals surface area contributed by atoms with Gasteiger partial charge in [-0.05, 0) is 29.5 Å². The minimum Gasteiger partial charge on any atom is -0.355 e. The molecule has 30 heavy (non-hydrogen) atoms. The molecule has 2 heterocycles. The molecule has 0 radical (unpaired) electrons. The van der Waals surface area contributed by atoms with Crippen LogP contribution in [0.1, 0.15) is 10.5 Å². The predicted octanol–water partition coefficient (Wildman–Crippen LogP) is 2.11. The molecule has 10 nitrogen and oxygen atoms in total. The summed E-state index contributed by atoms with van der Waals surface area (Å²) < 4.78 is 5.16. The molecule has 0 aliphatic rings. The highest BCUT2D eigenvalue weighted by molar-refractivity contribution is 6.30. The van der Waals surface area contributed by atoms with Crippen molar-refractivity contribution in [2.45, 2.75) is 6.54 Å². The second-order valence-corrected chi connectivity index (χ2v) is 6.53. The van der Waals surface area contributed by atoms with Crippen LogP contribution in [0, 0.1) is 0 Å². The van der Waals surface area contributed by atoms with E-state index in [4.69, 9.17) is 16.1 Å². The first-order valence-electron chi connectivity index (χ1n) is 8.73. The van der Waals surface area contributed by atoms with Crippen LogP contribution in [-0.2, 0) is 11.3 Å². The molecule has 0 aliphatic carbocycles. The van der Waals surface area contributed by atoms with Crippen molar-refractivity contribution in [2.24, 2.45) is 0 Å². The molecule has 0 fully saturated rings. The van der Waals surface area contributed by atoms with Crippen LogP contribution < -0.4 is 10.9 Å². The molecule has 0 atom stereocenters. The summed E-state index contributed by atoms with van der Waals surface area (Å²) in [6.07, 6.45) is 0. The molecule has 0 unspecified atom stereocenters. The molecule has 0 bridgehead atoms. The number of halogens is 1. The van der Waals surface area contributed by atoms with Crippen molar-refractivity contribution in [1.29, 1.82) is 0 Å². The van der Waals surface area contributed by atoms with Gasteiger partial charge in [-0.3, -0.25) is 20.4 Å². The van der Waals surface area contributed by atoms with Gasteiger partial charge in [-0.25, -0.2) is 0 Å². The first-order chi connectivity index (χ1) is 14.6.